The first kappa shape index (κ1) is 13.4. The molecule has 0 unspecified atom stereocenters. The molecule has 0 bridgehead atoms. The smallest absolute Gasteiger partial charge is 0.355 e. The fourth-order valence-electron chi connectivity index (χ4n) is 1.89. The fraction of sp³-hybridized carbons (Fsp3) is 0.143. The van der Waals surface area contributed by atoms with Crippen molar-refractivity contribution in [3.63, 3.8) is 0 Å². The van der Waals surface area contributed by atoms with E-state index in [1.807, 2.05) is 18.2 Å². The second kappa shape index (κ2) is 5.84. The minimum Gasteiger partial charge on any atom is -0.422 e. The Balaban J connectivity index is 1.85. The Bertz CT molecular complexity index is 752. The SMILES string of the molecule is CCc1cccc(OC(=O)c2sccc2-n2cnnn2)c1. The van der Waals surface area contributed by atoms with Crippen molar-refractivity contribution in [2.75, 3.05) is 0 Å². The monoisotopic (exact) mass is 300 g/mol. The zero-order valence-electron chi connectivity index (χ0n) is 11.3. The maximum Gasteiger partial charge on any atom is 0.355 e. The average Bonchev–Trinajstić information content (AvgIpc) is 3.18. The molecule has 21 heavy (non-hydrogen) atoms. The Kier molecular flexibility index (Phi) is 3.74. The van der Waals surface area contributed by atoms with Crippen molar-refractivity contribution in [2.45, 2.75) is 13.3 Å². The van der Waals surface area contributed by atoms with Gasteiger partial charge in [-0.3, -0.25) is 0 Å². The maximum absolute atomic E-state index is 12.3. The summed E-state index contributed by atoms with van der Waals surface area (Å²) in [6.07, 6.45) is 2.33. The summed E-state index contributed by atoms with van der Waals surface area (Å²) in [7, 11) is 0. The van der Waals surface area contributed by atoms with Crippen LogP contribution in [0, 0.1) is 0 Å². The number of ether oxygens (including phenoxy) is 1. The highest BCUT2D eigenvalue weighted by molar-refractivity contribution is 7.12. The molecule has 0 atom stereocenters. The van der Waals surface area contributed by atoms with Crippen LogP contribution in [0.4, 0.5) is 0 Å². The normalized spacial score (nSPS) is 10.5. The van der Waals surface area contributed by atoms with E-state index in [1.165, 1.54) is 22.3 Å². The van der Waals surface area contributed by atoms with E-state index in [2.05, 4.69) is 22.4 Å². The molecular formula is C14H12N4O2S. The van der Waals surface area contributed by atoms with Crippen molar-refractivity contribution in [2.24, 2.45) is 0 Å². The van der Waals surface area contributed by atoms with Crippen molar-refractivity contribution in [1.29, 1.82) is 0 Å². The quantitative estimate of drug-likeness (QED) is 0.547. The highest BCUT2D eigenvalue weighted by Gasteiger charge is 2.17. The molecule has 0 aliphatic rings. The number of rotatable bonds is 4. The molecule has 2 aromatic heterocycles. The molecule has 0 radical (unpaired) electrons. The molecule has 0 aliphatic heterocycles. The number of aryl methyl sites for hydroxylation is 1. The summed E-state index contributed by atoms with van der Waals surface area (Å²) in [5.41, 5.74) is 1.73. The van der Waals surface area contributed by atoms with Crippen LogP contribution in [-0.2, 0) is 6.42 Å². The molecule has 7 heteroatoms. The van der Waals surface area contributed by atoms with Crippen molar-refractivity contribution < 1.29 is 9.53 Å². The molecule has 0 fully saturated rings. The van der Waals surface area contributed by atoms with Gasteiger partial charge < -0.3 is 4.74 Å². The first-order valence-electron chi connectivity index (χ1n) is 6.40. The van der Waals surface area contributed by atoms with Crippen molar-refractivity contribution in [3.8, 4) is 11.4 Å². The van der Waals surface area contributed by atoms with Crippen LogP contribution in [0.15, 0.2) is 42.0 Å². The number of tetrazole rings is 1. The topological polar surface area (TPSA) is 69.9 Å². The Hall–Kier alpha value is -2.54. The largest absolute Gasteiger partial charge is 0.422 e. The number of hydrogen-bond donors (Lipinski definition) is 0. The Morgan fingerprint density at radius 1 is 1.38 bits per heavy atom. The van der Waals surface area contributed by atoms with E-state index in [0.29, 0.717) is 16.3 Å². The number of carbonyl (C=O) groups is 1. The van der Waals surface area contributed by atoms with Crippen LogP contribution in [0.5, 0.6) is 5.75 Å². The van der Waals surface area contributed by atoms with Gasteiger partial charge >= 0.3 is 5.97 Å². The second-order valence-corrected chi connectivity index (χ2v) is 5.20. The standard InChI is InChI=1S/C14H12N4O2S/c1-2-10-4-3-5-11(8-10)20-14(19)13-12(6-7-21-13)18-9-15-16-17-18/h3-9H,2H2,1H3. The lowest BCUT2D eigenvalue weighted by Gasteiger charge is -2.06. The summed E-state index contributed by atoms with van der Waals surface area (Å²) in [4.78, 5) is 12.8. The summed E-state index contributed by atoms with van der Waals surface area (Å²) in [5, 5.41) is 12.7. The van der Waals surface area contributed by atoms with Crippen molar-refractivity contribution >= 4 is 17.3 Å². The summed E-state index contributed by atoms with van der Waals surface area (Å²) in [6, 6.07) is 9.27. The van der Waals surface area contributed by atoms with Gasteiger partial charge in [0.15, 0.2) is 0 Å². The van der Waals surface area contributed by atoms with Crippen LogP contribution < -0.4 is 4.74 Å². The molecule has 0 amide bonds. The zero-order chi connectivity index (χ0) is 14.7. The van der Waals surface area contributed by atoms with Gasteiger partial charge in [-0.2, -0.15) is 4.68 Å². The maximum atomic E-state index is 12.3. The number of benzene rings is 1. The van der Waals surface area contributed by atoms with Gasteiger partial charge in [-0.1, -0.05) is 19.1 Å². The lowest BCUT2D eigenvalue weighted by molar-refractivity contribution is 0.0739. The van der Waals surface area contributed by atoms with Crippen LogP contribution >= 0.6 is 11.3 Å². The van der Waals surface area contributed by atoms with Gasteiger partial charge in [0.2, 0.25) is 0 Å². The second-order valence-electron chi connectivity index (χ2n) is 4.28. The first-order valence-corrected chi connectivity index (χ1v) is 7.28. The van der Waals surface area contributed by atoms with Crippen LogP contribution in [0.3, 0.4) is 0 Å². The Morgan fingerprint density at radius 3 is 3.05 bits per heavy atom. The zero-order valence-corrected chi connectivity index (χ0v) is 12.1. The third-order valence-electron chi connectivity index (χ3n) is 2.94. The van der Waals surface area contributed by atoms with E-state index in [1.54, 1.807) is 17.5 Å². The molecular weight excluding hydrogens is 288 g/mol. The van der Waals surface area contributed by atoms with E-state index in [0.717, 1.165) is 12.0 Å². The number of nitrogens with zero attached hydrogens (tertiary/aromatic N) is 4. The van der Waals surface area contributed by atoms with E-state index in [4.69, 9.17) is 4.74 Å². The minimum atomic E-state index is -0.413. The van der Waals surface area contributed by atoms with Gasteiger partial charge in [-0.25, -0.2) is 4.79 Å². The highest BCUT2D eigenvalue weighted by atomic mass is 32.1. The average molecular weight is 300 g/mol. The van der Waals surface area contributed by atoms with E-state index >= 15 is 0 Å². The van der Waals surface area contributed by atoms with Crippen LogP contribution in [0.2, 0.25) is 0 Å². The minimum absolute atomic E-state index is 0.413. The van der Waals surface area contributed by atoms with Gasteiger partial charge in [-0.15, -0.1) is 16.4 Å². The predicted octanol–water partition coefficient (Wildman–Crippen LogP) is 2.51. The van der Waals surface area contributed by atoms with E-state index < -0.39 is 5.97 Å². The van der Waals surface area contributed by atoms with Gasteiger partial charge in [-0.05, 0) is 46.0 Å². The van der Waals surface area contributed by atoms with Crippen LogP contribution in [0.1, 0.15) is 22.2 Å². The lowest BCUT2D eigenvalue weighted by atomic mass is 10.2. The molecule has 3 rings (SSSR count). The van der Waals surface area contributed by atoms with Gasteiger partial charge in [0.25, 0.3) is 0 Å². The van der Waals surface area contributed by atoms with Crippen LogP contribution in [-0.4, -0.2) is 26.2 Å². The molecule has 0 N–H and O–H groups in total. The Labute approximate surface area is 125 Å². The number of carbonyl (C=O) groups excluding carboxylic acids is 1. The molecule has 0 saturated carbocycles. The van der Waals surface area contributed by atoms with Crippen molar-refractivity contribution in [3.05, 3.63) is 52.5 Å². The fourth-order valence-corrected chi connectivity index (χ4v) is 2.64. The molecule has 1 aromatic carbocycles. The summed E-state index contributed by atoms with van der Waals surface area (Å²) < 4.78 is 6.87. The number of hydrogen-bond acceptors (Lipinski definition) is 6. The van der Waals surface area contributed by atoms with E-state index in [-0.39, 0.29) is 0 Å². The summed E-state index contributed by atoms with van der Waals surface area (Å²) in [5.74, 6) is 0.124. The first-order chi connectivity index (χ1) is 10.3. The molecule has 106 valence electrons. The highest BCUT2D eigenvalue weighted by Crippen LogP contribution is 2.23. The molecule has 0 saturated heterocycles. The predicted molar refractivity (Wildman–Crippen MR) is 77.8 cm³/mol. The molecule has 3 aromatic rings. The lowest BCUT2D eigenvalue weighted by Crippen LogP contribution is -2.10. The number of esters is 1. The Morgan fingerprint density at radius 2 is 2.29 bits per heavy atom. The van der Waals surface area contributed by atoms with Gasteiger partial charge in [0.1, 0.15) is 17.0 Å². The van der Waals surface area contributed by atoms with Gasteiger partial charge in [0.05, 0.1) is 5.69 Å². The number of aromatic nitrogens is 4. The summed E-state index contributed by atoms with van der Waals surface area (Å²) in [6.45, 7) is 2.05. The third kappa shape index (κ3) is 2.82. The number of thiophene rings is 1. The third-order valence-corrected chi connectivity index (χ3v) is 3.83. The summed E-state index contributed by atoms with van der Waals surface area (Å²) >= 11 is 1.29. The molecule has 6 nitrogen and oxygen atoms in total. The van der Waals surface area contributed by atoms with Crippen molar-refractivity contribution in [1.82, 2.24) is 20.2 Å². The van der Waals surface area contributed by atoms with Crippen LogP contribution in [0.25, 0.3) is 5.69 Å². The molecule has 2 heterocycles. The van der Waals surface area contributed by atoms with Gasteiger partial charge in [0, 0.05) is 0 Å². The molecule has 0 aliphatic carbocycles. The van der Waals surface area contributed by atoms with E-state index in [9.17, 15) is 4.79 Å². The molecule has 0 spiro atoms.